The summed E-state index contributed by atoms with van der Waals surface area (Å²) in [6.07, 6.45) is 9.29. The lowest BCUT2D eigenvalue weighted by Gasteiger charge is -2.28. The van der Waals surface area contributed by atoms with Crippen LogP contribution >= 0.6 is 21.5 Å². The van der Waals surface area contributed by atoms with Gasteiger partial charge in [0, 0.05) is 0 Å². The van der Waals surface area contributed by atoms with Crippen LogP contribution < -0.4 is 15.9 Å². The van der Waals surface area contributed by atoms with Crippen LogP contribution in [0, 0.1) is 5.92 Å². The molecule has 4 aromatic rings. The van der Waals surface area contributed by atoms with Crippen LogP contribution in [-0.4, -0.2) is 0 Å². The molecular formula is C34H37BrP+. The van der Waals surface area contributed by atoms with Gasteiger partial charge in [0.2, 0.25) is 0 Å². The molecule has 0 amide bonds. The van der Waals surface area contributed by atoms with Crippen LogP contribution in [0.4, 0.5) is 0 Å². The van der Waals surface area contributed by atoms with Crippen molar-refractivity contribution in [3.05, 3.63) is 126 Å². The highest BCUT2D eigenvalue weighted by atomic mass is 79.9. The minimum atomic E-state index is -1.85. The normalized spacial score (nSPS) is 18.2. The van der Waals surface area contributed by atoms with E-state index in [1.807, 2.05) is 0 Å². The topological polar surface area (TPSA) is 0 Å². The van der Waals surface area contributed by atoms with Gasteiger partial charge in [-0.15, -0.1) is 0 Å². The lowest BCUT2D eigenvalue weighted by atomic mass is 9.77. The van der Waals surface area contributed by atoms with Gasteiger partial charge in [-0.3, -0.25) is 0 Å². The van der Waals surface area contributed by atoms with Gasteiger partial charge in [-0.25, -0.2) is 0 Å². The molecule has 0 N–H and O–H groups in total. The maximum Gasteiger partial charge on any atom is 0.181 e. The molecule has 2 heteroatoms. The zero-order valence-electron chi connectivity index (χ0n) is 21.3. The van der Waals surface area contributed by atoms with Gasteiger partial charge < -0.3 is 0 Å². The summed E-state index contributed by atoms with van der Waals surface area (Å²) in [5, 5.41) is 4.06. The van der Waals surface area contributed by atoms with Gasteiger partial charge >= 0.3 is 0 Å². The van der Waals surface area contributed by atoms with Crippen LogP contribution in [0.5, 0.6) is 0 Å². The molecule has 0 aromatic heterocycles. The molecule has 1 aliphatic carbocycles. The molecule has 0 heterocycles. The van der Waals surface area contributed by atoms with Crippen LogP contribution in [0.25, 0.3) is 0 Å². The monoisotopic (exact) mass is 555 g/mol. The van der Waals surface area contributed by atoms with E-state index >= 15 is 0 Å². The maximum atomic E-state index is 4.27. The Kier molecular flexibility index (Phi) is 8.40. The molecule has 0 aliphatic heterocycles. The molecule has 36 heavy (non-hydrogen) atoms. The molecule has 0 saturated heterocycles. The second-order valence-electron chi connectivity index (χ2n) is 10.4. The van der Waals surface area contributed by atoms with Gasteiger partial charge in [-0.2, -0.15) is 0 Å². The Morgan fingerprint density at radius 2 is 1.08 bits per heavy atom. The largest absolute Gasteiger partial charge is 0.181 e. The highest BCUT2D eigenvalue weighted by molar-refractivity contribution is 9.44. The third-order valence-corrected chi connectivity index (χ3v) is 14.6. The van der Waals surface area contributed by atoms with Crippen molar-refractivity contribution in [1.82, 2.24) is 0 Å². The molecule has 4 aromatic carbocycles. The molecule has 1 aliphatic rings. The fourth-order valence-electron chi connectivity index (χ4n) is 5.87. The average molecular weight is 557 g/mol. The van der Waals surface area contributed by atoms with Crippen LogP contribution in [0.1, 0.15) is 68.1 Å². The van der Waals surface area contributed by atoms with Crippen LogP contribution in [-0.2, 0) is 6.42 Å². The summed E-state index contributed by atoms with van der Waals surface area (Å²) in [6, 6.07) is 40.6. The van der Waals surface area contributed by atoms with E-state index in [2.05, 4.69) is 132 Å². The molecule has 1 fully saturated rings. The molecule has 1 saturated carbocycles. The minimum Gasteiger partial charge on any atom is -0.0654 e. The number of hydrogen-bond acceptors (Lipinski definition) is 0. The SMILES string of the molecule is CCCC1CCC(c2ccc(Cc3ccc([P+](Br)(c4ccccc4)c4ccccc4)cc3)cc2)CC1. The zero-order chi connectivity index (χ0) is 24.8. The molecule has 5 rings (SSSR count). The summed E-state index contributed by atoms with van der Waals surface area (Å²) in [5.41, 5.74) is 4.31. The number of rotatable bonds is 8. The van der Waals surface area contributed by atoms with Crippen molar-refractivity contribution in [3.63, 3.8) is 0 Å². The molecule has 0 atom stereocenters. The van der Waals surface area contributed by atoms with E-state index in [0.717, 1.165) is 18.3 Å². The first kappa shape index (κ1) is 25.4. The van der Waals surface area contributed by atoms with Crippen molar-refractivity contribution >= 4 is 37.4 Å². The predicted molar refractivity (Wildman–Crippen MR) is 163 cm³/mol. The highest BCUT2D eigenvalue weighted by Gasteiger charge is 2.43. The lowest BCUT2D eigenvalue weighted by Crippen LogP contribution is -2.26. The fourth-order valence-corrected chi connectivity index (χ4v) is 10.6. The van der Waals surface area contributed by atoms with E-state index in [1.54, 1.807) is 5.56 Å². The summed E-state index contributed by atoms with van der Waals surface area (Å²) in [7, 11) is 0. The molecule has 0 spiro atoms. The molecule has 0 nitrogen and oxygen atoms in total. The van der Waals surface area contributed by atoms with E-state index in [1.165, 1.54) is 65.6 Å². The Balaban J connectivity index is 1.30. The summed E-state index contributed by atoms with van der Waals surface area (Å²) in [4.78, 5) is 0. The first-order valence-electron chi connectivity index (χ1n) is 13.5. The van der Waals surface area contributed by atoms with E-state index in [9.17, 15) is 0 Å². The lowest BCUT2D eigenvalue weighted by molar-refractivity contribution is 0.308. The molecule has 0 radical (unpaired) electrons. The zero-order valence-corrected chi connectivity index (χ0v) is 23.8. The van der Waals surface area contributed by atoms with Crippen LogP contribution in [0.15, 0.2) is 109 Å². The maximum absolute atomic E-state index is 4.27. The third kappa shape index (κ3) is 5.69. The van der Waals surface area contributed by atoms with Crippen LogP contribution in [0.2, 0.25) is 0 Å². The summed E-state index contributed by atoms with van der Waals surface area (Å²) >= 11 is 4.27. The molecule has 184 valence electrons. The van der Waals surface area contributed by atoms with Crippen molar-refractivity contribution in [2.75, 3.05) is 0 Å². The number of hydrogen-bond donors (Lipinski definition) is 0. The quantitative estimate of drug-likeness (QED) is 0.190. The van der Waals surface area contributed by atoms with Gasteiger partial charge in [0.05, 0.1) is 0 Å². The third-order valence-electron chi connectivity index (χ3n) is 7.92. The minimum absolute atomic E-state index is 0.762. The van der Waals surface area contributed by atoms with Crippen molar-refractivity contribution in [1.29, 1.82) is 0 Å². The number of halogens is 1. The smallest absolute Gasteiger partial charge is 0.0654 e. The van der Waals surface area contributed by atoms with Gasteiger partial charge in [0.1, 0.15) is 15.9 Å². The van der Waals surface area contributed by atoms with Crippen molar-refractivity contribution in [2.24, 2.45) is 5.92 Å². The highest BCUT2D eigenvalue weighted by Crippen LogP contribution is 2.62. The fraction of sp³-hybridized carbons (Fsp3) is 0.294. The first-order chi connectivity index (χ1) is 17.7. The van der Waals surface area contributed by atoms with Crippen LogP contribution in [0.3, 0.4) is 0 Å². The van der Waals surface area contributed by atoms with E-state index in [0.29, 0.717) is 0 Å². The first-order valence-corrected chi connectivity index (χ1v) is 17.4. The molecule has 0 bridgehead atoms. The standard InChI is InChI=1S/C34H37BrP/c1-2-9-27-14-20-30(21-15-27)31-22-16-28(17-23-31)26-29-18-24-34(25-19-29)36(35,32-10-5-3-6-11-32)33-12-7-4-8-13-33/h3-8,10-13,16-19,22-25,27,30H,2,9,14-15,20-21,26H2,1H3/q+1. The Hall–Kier alpha value is -2.21. The van der Waals surface area contributed by atoms with E-state index < -0.39 is 5.96 Å². The predicted octanol–water partition coefficient (Wildman–Crippen LogP) is 8.96. The van der Waals surface area contributed by atoms with Gasteiger partial charge in [-0.05, 0) is 97.0 Å². The molecular weight excluding hydrogens is 519 g/mol. The second kappa shape index (κ2) is 11.9. The summed E-state index contributed by atoms with van der Waals surface area (Å²) < 4.78 is 0. The van der Waals surface area contributed by atoms with E-state index in [4.69, 9.17) is 0 Å². The summed E-state index contributed by atoms with van der Waals surface area (Å²) in [5.74, 6) is -0.115. The Labute approximate surface area is 226 Å². The Morgan fingerprint density at radius 3 is 1.58 bits per heavy atom. The van der Waals surface area contributed by atoms with Crippen molar-refractivity contribution in [2.45, 2.75) is 57.8 Å². The summed E-state index contributed by atoms with van der Waals surface area (Å²) in [6.45, 7) is 2.32. The average Bonchev–Trinajstić information content (AvgIpc) is 2.95. The Bertz CT molecular complexity index is 1170. The van der Waals surface area contributed by atoms with Gasteiger partial charge in [-0.1, -0.05) is 92.6 Å². The molecule has 0 unspecified atom stereocenters. The van der Waals surface area contributed by atoms with E-state index in [-0.39, 0.29) is 0 Å². The van der Waals surface area contributed by atoms with Gasteiger partial charge in [0.15, 0.2) is 21.5 Å². The van der Waals surface area contributed by atoms with Crippen molar-refractivity contribution < 1.29 is 0 Å². The van der Waals surface area contributed by atoms with Crippen molar-refractivity contribution in [3.8, 4) is 0 Å². The number of benzene rings is 4. The second-order valence-corrected chi connectivity index (χ2v) is 16.3. The Morgan fingerprint density at radius 1 is 0.611 bits per heavy atom. The van der Waals surface area contributed by atoms with Gasteiger partial charge in [0.25, 0.3) is 0 Å².